The molecule has 0 unspecified atom stereocenters. The van der Waals surface area contributed by atoms with Crippen molar-refractivity contribution in [1.82, 2.24) is 4.90 Å². The number of methoxy groups -OCH3 is 1. The second-order valence-corrected chi connectivity index (χ2v) is 5.17. The molecular weight excluding hydrogens is 261 g/mol. The number of likely N-dealkylation sites (tertiary alicyclic amines) is 1. The molecule has 4 nitrogen and oxygen atoms in total. The van der Waals surface area contributed by atoms with E-state index >= 15 is 0 Å². The van der Waals surface area contributed by atoms with Crippen LogP contribution in [0.1, 0.15) is 25.3 Å². The molecule has 1 aromatic carbocycles. The summed E-state index contributed by atoms with van der Waals surface area (Å²) < 4.78 is 18.7. The molecule has 0 spiro atoms. The first-order valence-electron chi connectivity index (χ1n) is 6.83. The van der Waals surface area contributed by atoms with Crippen LogP contribution in [0, 0.1) is 5.82 Å². The van der Waals surface area contributed by atoms with Crippen molar-refractivity contribution >= 4 is 5.97 Å². The van der Waals surface area contributed by atoms with Crippen molar-refractivity contribution in [3.05, 3.63) is 29.6 Å². The Balaban J connectivity index is 2.34. The van der Waals surface area contributed by atoms with Crippen LogP contribution in [-0.4, -0.2) is 42.7 Å². The Labute approximate surface area is 118 Å². The van der Waals surface area contributed by atoms with E-state index in [1.165, 1.54) is 19.2 Å². The molecule has 1 N–H and O–H groups in total. The van der Waals surface area contributed by atoms with Gasteiger partial charge in [-0.25, -0.2) is 4.39 Å². The quantitative estimate of drug-likeness (QED) is 0.920. The lowest BCUT2D eigenvalue weighted by atomic mass is 9.72. The summed E-state index contributed by atoms with van der Waals surface area (Å²) in [4.78, 5) is 14.0. The molecule has 0 bridgehead atoms. The lowest BCUT2D eigenvalue weighted by Gasteiger charge is -2.38. The standard InChI is InChI=1S/C15H20FNO3/c1-3-17-8-6-15(7-9-17,14(18)19)11-4-5-13(20-2)12(16)10-11/h4-5,10H,3,6-9H2,1-2H3,(H,18,19). The zero-order valence-electron chi connectivity index (χ0n) is 11.9. The molecule has 5 heteroatoms. The zero-order chi connectivity index (χ0) is 14.8. The van der Waals surface area contributed by atoms with Crippen LogP contribution in [0.2, 0.25) is 0 Å². The van der Waals surface area contributed by atoms with Gasteiger partial charge in [0, 0.05) is 0 Å². The second kappa shape index (κ2) is 5.79. The highest BCUT2D eigenvalue weighted by Crippen LogP contribution is 2.37. The van der Waals surface area contributed by atoms with Gasteiger partial charge in [0.15, 0.2) is 11.6 Å². The fourth-order valence-corrected chi connectivity index (χ4v) is 2.84. The molecule has 0 atom stereocenters. The molecule has 0 radical (unpaired) electrons. The van der Waals surface area contributed by atoms with E-state index < -0.39 is 17.2 Å². The lowest BCUT2D eigenvalue weighted by molar-refractivity contribution is -0.146. The highest BCUT2D eigenvalue weighted by molar-refractivity contribution is 5.81. The van der Waals surface area contributed by atoms with Crippen LogP contribution in [-0.2, 0) is 10.2 Å². The normalized spacial score (nSPS) is 18.8. The minimum absolute atomic E-state index is 0.139. The van der Waals surface area contributed by atoms with Crippen molar-refractivity contribution in [1.29, 1.82) is 0 Å². The Kier molecular flexibility index (Phi) is 4.28. The summed E-state index contributed by atoms with van der Waals surface area (Å²) in [6.07, 6.45) is 1.00. The zero-order valence-corrected chi connectivity index (χ0v) is 11.9. The van der Waals surface area contributed by atoms with Crippen molar-refractivity contribution in [2.24, 2.45) is 0 Å². The Morgan fingerprint density at radius 1 is 1.45 bits per heavy atom. The maximum absolute atomic E-state index is 13.9. The van der Waals surface area contributed by atoms with Gasteiger partial charge in [-0.3, -0.25) is 4.79 Å². The number of benzene rings is 1. The van der Waals surface area contributed by atoms with E-state index in [4.69, 9.17) is 4.74 Å². The topological polar surface area (TPSA) is 49.8 Å². The number of rotatable bonds is 4. The molecule has 0 aromatic heterocycles. The van der Waals surface area contributed by atoms with Crippen molar-refractivity contribution < 1.29 is 19.0 Å². The number of nitrogens with zero attached hydrogens (tertiary/aromatic N) is 1. The fraction of sp³-hybridized carbons (Fsp3) is 0.533. The number of aliphatic carboxylic acids is 1. The molecule has 1 saturated heterocycles. The van der Waals surface area contributed by atoms with Crippen molar-refractivity contribution in [2.75, 3.05) is 26.7 Å². The van der Waals surface area contributed by atoms with Gasteiger partial charge < -0.3 is 14.7 Å². The predicted molar refractivity (Wildman–Crippen MR) is 73.6 cm³/mol. The molecule has 1 aliphatic heterocycles. The SMILES string of the molecule is CCN1CCC(C(=O)O)(c2ccc(OC)c(F)c2)CC1. The molecule has 0 aliphatic carbocycles. The van der Waals surface area contributed by atoms with E-state index in [0.717, 1.165) is 19.6 Å². The first kappa shape index (κ1) is 14.8. The molecule has 110 valence electrons. The molecule has 1 heterocycles. The molecule has 2 rings (SSSR count). The highest BCUT2D eigenvalue weighted by atomic mass is 19.1. The number of hydrogen-bond donors (Lipinski definition) is 1. The summed E-state index contributed by atoms with van der Waals surface area (Å²) in [6.45, 7) is 4.40. The van der Waals surface area contributed by atoms with Crippen molar-refractivity contribution in [2.45, 2.75) is 25.2 Å². The first-order chi connectivity index (χ1) is 9.53. The van der Waals surface area contributed by atoms with Crippen LogP contribution in [0.25, 0.3) is 0 Å². The predicted octanol–water partition coefficient (Wildman–Crippen LogP) is 2.27. The molecular formula is C15H20FNO3. The smallest absolute Gasteiger partial charge is 0.314 e. The van der Waals surface area contributed by atoms with Gasteiger partial charge in [-0.15, -0.1) is 0 Å². The van der Waals surface area contributed by atoms with E-state index in [1.807, 2.05) is 0 Å². The van der Waals surface area contributed by atoms with Crippen LogP contribution >= 0.6 is 0 Å². The van der Waals surface area contributed by atoms with Gasteiger partial charge in [-0.05, 0) is 50.2 Å². The second-order valence-electron chi connectivity index (χ2n) is 5.17. The molecule has 1 fully saturated rings. The Morgan fingerprint density at radius 2 is 2.10 bits per heavy atom. The van der Waals surface area contributed by atoms with E-state index in [1.54, 1.807) is 6.07 Å². The average molecular weight is 281 g/mol. The Bertz CT molecular complexity index is 496. The molecule has 0 saturated carbocycles. The summed E-state index contributed by atoms with van der Waals surface area (Å²) >= 11 is 0. The Morgan fingerprint density at radius 3 is 2.55 bits per heavy atom. The highest BCUT2D eigenvalue weighted by Gasteiger charge is 2.43. The largest absolute Gasteiger partial charge is 0.494 e. The lowest BCUT2D eigenvalue weighted by Crippen LogP contribution is -2.47. The van der Waals surface area contributed by atoms with Gasteiger partial charge in [0.1, 0.15) is 0 Å². The van der Waals surface area contributed by atoms with Crippen LogP contribution < -0.4 is 4.74 Å². The molecule has 1 aromatic rings. The maximum atomic E-state index is 13.9. The Hall–Kier alpha value is -1.62. The van der Waals surface area contributed by atoms with E-state index in [0.29, 0.717) is 18.4 Å². The average Bonchev–Trinajstić information content (AvgIpc) is 2.47. The maximum Gasteiger partial charge on any atom is 0.314 e. The van der Waals surface area contributed by atoms with Crippen LogP contribution in [0.4, 0.5) is 4.39 Å². The summed E-state index contributed by atoms with van der Waals surface area (Å²) in [7, 11) is 1.39. The third-order valence-electron chi connectivity index (χ3n) is 4.27. The summed E-state index contributed by atoms with van der Waals surface area (Å²) in [5.41, 5.74) is -0.460. The van der Waals surface area contributed by atoms with E-state index in [2.05, 4.69) is 11.8 Å². The first-order valence-corrected chi connectivity index (χ1v) is 6.83. The van der Waals surface area contributed by atoms with E-state index in [9.17, 15) is 14.3 Å². The molecule has 0 amide bonds. The third-order valence-corrected chi connectivity index (χ3v) is 4.27. The number of hydrogen-bond acceptors (Lipinski definition) is 3. The number of carbonyl (C=O) groups is 1. The van der Waals surface area contributed by atoms with E-state index in [-0.39, 0.29) is 5.75 Å². The van der Waals surface area contributed by atoms with Gasteiger partial charge in [-0.1, -0.05) is 13.0 Å². The van der Waals surface area contributed by atoms with Gasteiger partial charge in [-0.2, -0.15) is 0 Å². The minimum Gasteiger partial charge on any atom is -0.494 e. The van der Waals surface area contributed by atoms with Gasteiger partial charge in [0.2, 0.25) is 0 Å². The van der Waals surface area contributed by atoms with Gasteiger partial charge in [0.05, 0.1) is 12.5 Å². The summed E-state index contributed by atoms with van der Waals surface area (Å²) in [6, 6.07) is 4.47. The molecule has 1 aliphatic rings. The number of piperidine rings is 1. The fourth-order valence-electron chi connectivity index (χ4n) is 2.84. The van der Waals surface area contributed by atoms with Crippen molar-refractivity contribution in [3.63, 3.8) is 0 Å². The summed E-state index contributed by atoms with van der Waals surface area (Å²) in [5.74, 6) is -1.25. The van der Waals surface area contributed by atoms with Crippen LogP contribution in [0.3, 0.4) is 0 Å². The number of halogens is 1. The summed E-state index contributed by atoms with van der Waals surface area (Å²) in [5, 5.41) is 9.65. The third kappa shape index (κ3) is 2.50. The minimum atomic E-state index is -0.987. The van der Waals surface area contributed by atoms with Crippen LogP contribution in [0.15, 0.2) is 18.2 Å². The van der Waals surface area contributed by atoms with Gasteiger partial charge in [0.25, 0.3) is 0 Å². The number of carboxylic acids is 1. The number of ether oxygens (including phenoxy) is 1. The van der Waals surface area contributed by atoms with Gasteiger partial charge >= 0.3 is 5.97 Å². The van der Waals surface area contributed by atoms with Crippen LogP contribution in [0.5, 0.6) is 5.75 Å². The monoisotopic (exact) mass is 281 g/mol. The number of carboxylic acid groups (broad SMARTS) is 1. The van der Waals surface area contributed by atoms with Crippen molar-refractivity contribution in [3.8, 4) is 5.75 Å². The molecule has 20 heavy (non-hydrogen) atoms.